The fourth-order valence-electron chi connectivity index (χ4n) is 3.22. The first-order valence-electron chi connectivity index (χ1n) is 9.32. The number of nitrogens with one attached hydrogen (secondary N) is 2. The van der Waals surface area contributed by atoms with E-state index in [0.717, 1.165) is 18.7 Å². The lowest BCUT2D eigenvalue weighted by molar-refractivity contribution is -0.893. The molecule has 0 saturated carbocycles. The number of para-hydroxylation sites is 2. The van der Waals surface area contributed by atoms with Crippen LogP contribution in [0, 0.1) is 0 Å². The average Bonchev–Trinajstić information content (AvgIpc) is 3.02. The van der Waals surface area contributed by atoms with E-state index in [0.29, 0.717) is 0 Å². The Morgan fingerprint density at radius 3 is 2.44 bits per heavy atom. The number of hydrogen-bond acceptors (Lipinski definition) is 1. The predicted molar refractivity (Wildman–Crippen MR) is 106 cm³/mol. The quantitative estimate of drug-likeness (QED) is 0.448. The van der Waals surface area contributed by atoms with Crippen molar-refractivity contribution in [3.05, 3.63) is 60.2 Å². The summed E-state index contributed by atoms with van der Waals surface area (Å²) in [4.78, 5) is 5.29. The van der Waals surface area contributed by atoms with Crippen LogP contribution in [0.3, 0.4) is 0 Å². The predicted octanol–water partition coefficient (Wildman–Crippen LogP) is 2.71. The minimum atomic E-state index is 1.01. The molecular formula is C21H29N3S+2. The minimum absolute atomic E-state index is 1.01. The van der Waals surface area contributed by atoms with Crippen LogP contribution in [0.25, 0.3) is 11.0 Å². The van der Waals surface area contributed by atoms with Gasteiger partial charge in [-0.3, -0.25) is 0 Å². The number of benzene rings is 2. The van der Waals surface area contributed by atoms with Crippen LogP contribution in [-0.2, 0) is 13.0 Å². The summed E-state index contributed by atoms with van der Waals surface area (Å²) in [6.45, 7) is 9.18. The van der Waals surface area contributed by atoms with Crippen LogP contribution in [0.15, 0.2) is 59.8 Å². The van der Waals surface area contributed by atoms with Gasteiger partial charge in [-0.1, -0.05) is 42.5 Å². The van der Waals surface area contributed by atoms with Crippen molar-refractivity contribution in [1.29, 1.82) is 0 Å². The lowest BCUT2D eigenvalue weighted by Crippen LogP contribution is -3.11. The van der Waals surface area contributed by atoms with Gasteiger partial charge in [-0.15, -0.1) is 0 Å². The zero-order valence-corrected chi connectivity index (χ0v) is 16.1. The van der Waals surface area contributed by atoms with E-state index in [1.54, 1.807) is 4.90 Å². The summed E-state index contributed by atoms with van der Waals surface area (Å²) in [7, 11) is 0. The average molecular weight is 356 g/mol. The molecule has 0 aliphatic carbocycles. The van der Waals surface area contributed by atoms with Gasteiger partial charge in [0.05, 0.1) is 31.9 Å². The van der Waals surface area contributed by atoms with Crippen molar-refractivity contribution in [1.82, 2.24) is 4.98 Å². The van der Waals surface area contributed by atoms with Gasteiger partial charge in [-0.05, 0) is 43.3 Å². The molecule has 0 atom stereocenters. The molecule has 0 amide bonds. The molecule has 0 unspecified atom stereocenters. The number of fused-ring (bicyclic) bond motifs is 1. The molecule has 0 aliphatic rings. The molecule has 2 aromatic carbocycles. The molecule has 0 aliphatic heterocycles. The second kappa shape index (κ2) is 9.07. The highest BCUT2D eigenvalue weighted by molar-refractivity contribution is 7.99. The molecule has 0 bridgehead atoms. The molecular weight excluding hydrogens is 326 g/mol. The smallest absolute Gasteiger partial charge is 0.316 e. The summed E-state index contributed by atoms with van der Waals surface area (Å²) < 4.78 is 2.45. The molecule has 3 rings (SSSR count). The summed E-state index contributed by atoms with van der Waals surface area (Å²) in [6.07, 6.45) is 1.06. The first kappa shape index (κ1) is 18.0. The summed E-state index contributed by atoms with van der Waals surface area (Å²) in [5.74, 6) is 1.15. The van der Waals surface area contributed by atoms with Crippen molar-refractivity contribution in [3.8, 4) is 0 Å². The number of quaternary nitrogens is 1. The van der Waals surface area contributed by atoms with Gasteiger partial charge in [0.15, 0.2) is 11.0 Å². The Bertz CT molecular complexity index is 778. The van der Waals surface area contributed by atoms with Crippen LogP contribution < -0.4 is 9.47 Å². The Hall–Kier alpha value is -1.78. The van der Waals surface area contributed by atoms with Gasteiger partial charge in [0.1, 0.15) is 0 Å². The molecule has 4 heteroatoms. The number of thioether (sulfide) groups is 1. The number of hydrogen-bond donors (Lipinski definition) is 2. The molecule has 3 aromatic rings. The van der Waals surface area contributed by atoms with E-state index >= 15 is 0 Å². The highest BCUT2D eigenvalue weighted by atomic mass is 32.2. The highest BCUT2D eigenvalue weighted by Crippen LogP contribution is 2.17. The third-order valence-electron chi connectivity index (χ3n) is 4.84. The first-order chi connectivity index (χ1) is 12.3. The third-order valence-corrected chi connectivity index (χ3v) is 5.85. The normalized spacial score (nSPS) is 11.5. The fraction of sp³-hybridized carbons (Fsp3) is 0.381. The standard InChI is InChI=1S/C21H27N3S/c1-3-23(4-2)16-17-25-21-22-19-12-8-9-13-20(19)24(21)15-14-18-10-6-5-7-11-18/h5-13H,3-4,14-17H2,1-2H3/p+2. The number of aryl methyl sites for hydroxylation is 2. The van der Waals surface area contributed by atoms with E-state index < -0.39 is 0 Å². The van der Waals surface area contributed by atoms with Crippen molar-refractivity contribution in [2.45, 2.75) is 32.0 Å². The van der Waals surface area contributed by atoms with Crippen molar-refractivity contribution in [3.63, 3.8) is 0 Å². The van der Waals surface area contributed by atoms with Gasteiger partial charge in [0, 0.05) is 6.42 Å². The molecule has 1 aromatic heterocycles. The third kappa shape index (κ3) is 4.65. The van der Waals surface area contributed by atoms with Gasteiger partial charge in [0.25, 0.3) is 0 Å². The van der Waals surface area contributed by atoms with E-state index in [2.05, 4.69) is 78.0 Å². The van der Waals surface area contributed by atoms with Crippen LogP contribution in [-0.4, -0.2) is 30.4 Å². The number of aromatic nitrogens is 2. The molecule has 0 radical (unpaired) electrons. The second-order valence-electron chi connectivity index (χ2n) is 6.39. The van der Waals surface area contributed by atoms with E-state index in [-0.39, 0.29) is 0 Å². The fourth-order valence-corrected chi connectivity index (χ4v) is 4.34. The van der Waals surface area contributed by atoms with Gasteiger partial charge in [-0.25, -0.2) is 9.55 Å². The van der Waals surface area contributed by atoms with E-state index in [1.807, 2.05) is 11.8 Å². The summed E-state index contributed by atoms with van der Waals surface area (Å²) >= 11 is 1.95. The summed E-state index contributed by atoms with van der Waals surface area (Å²) in [5.41, 5.74) is 3.92. The second-order valence-corrected chi connectivity index (χ2v) is 7.47. The zero-order chi connectivity index (χ0) is 17.5. The Kier molecular flexibility index (Phi) is 6.54. The SMILES string of the molecule is CC[NH+](CC)CCSc1[nH]c2ccccc2[n+]1CCc1ccccc1. The molecule has 25 heavy (non-hydrogen) atoms. The minimum Gasteiger partial charge on any atom is -0.335 e. The van der Waals surface area contributed by atoms with Crippen LogP contribution in [0.4, 0.5) is 0 Å². The highest BCUT2D eigenvalue weighted by Gasteiger charge is 2.19. The first-order valence-corrected chi connectivity index (χ1v) is 10.3. The van der Waals surface area contributed by atoms with Crippen molar-refractivity contribution in [2.75, 3.05) is 25.4 Å². The van der Waals surface area contributed by atoms with Crippen LogP contribution in [0.1, 0.15) is 19.4 Å². The lowest BCUT2D eigenvalue weighted by atomic mass is 10.1. The number of imidazole rings is 1. The van der Waals surface area contributed by atoms with E-state index in [4.69, 9.17) is 0 Å². The van der Waals surface area contributed by atoms with Crippen LogP contribution >= 0.6 is 11.8 Å². The topological polar surface area (TPSA) is 24.1 Å². The number of aromatic amines is 1. The van der Waals surface area contributed by atoms with Crippen LogP contribution in [0.5, 0.6) is 0 Å². The largest absolute Gasteiger partial charge is 0.335 e. The molecule has 3 nitrogen and oxygen atoms in total. The summed E-state index contributed by atoms with van der Waals surface area (Å²) in [5, 5.41) is 1.28. The maximum atomic E-state index is 3.63. The number of H-pyrrole nitrogens is 1. The molecule has 2 N–H and O–H groups in total. The van der Waals surface area contributed by atoms with Gasteiger partial charge in [0.2, 0.25) is 0 Å². The van der Waals surface area contributed by atoms with Gasteiger partial charge >= 0.3 is 5.16 Å². The molecule has 1 heterocycles. The Morgan fingerprint density at radius 1 is 0.960 bits per heavy atom. The van der Waals surface area contributed by atoms with E-state index in [1.165, 1.54) is 41.4 Å². The lowest BCUT2D eigenvalue weighted by Gasteiger charge is -2.13. The van der Waals surface area contributed by atoms with E-state index in [9.17, 15) is 0 Å². The molecule has 0 spiro atoms. The monoisotopic (exact) mass is 355 g/mol. The Balaban J connectivity index is 1.75. The van der Waals surface area contributed by atoms with Crippen molar-refractivity contribution < 1.29 is 9.47 Å². The molecule has 0 saturated heterocycles. The van der Waals surface area contributed by atoms with Gasteiger partial charge in [-0.2, -0.15) is 0 Å². The maximum absolute atomic E-state index is 3.63. The molecule has 132 valence electrons. The zero-order valence-electron chi connectivity index (χ0n) is 15.3. The Labute approximate surface area is 155 Å². The molecule has 0 fully saturated rings. The van der Waals surface area contributed by atoms with Crippen LogP contribution in [0.2, 0.25) is 0 Å². The number of rotatable bonds is 9. The maximum Gasteiger partial charge on any atom is 0.316 e. The Morgan fingerprint density at radius 2 is 1.68 bits per heavy atom. The van der Waals surface area contributed by atoms with Crippen molar-refractivity contribution in [2.24, 2.45) is 0 Å². The van der Waals surface area contributed by atoms with Gasteiger partial charge < -0.3 is 4.90 Å². The summed E-state index contributed by atoms with van der Waals surface area (Å²) in [6, 6.07) is 19.4. The van der Waals surface area contributed by atoms with Crippen molar-refractivity contribution >= 4 is 22.8 Å². The number of nitrogens with zero attached hydrogens (tertiary/aromatic N) is 1.